The molecule has 0 amide bonds. The molecule has 1 aliphatic rings. The van der Waals surface area contributed by atoms with Crippen molar-refractivity contribution in [1.82, 2.24) is 5.32 Å². The van der Waals surface area contributed by atoms with Crippen molar-refractivity contribution in [3.63, 3.8) is 0 Å². The first-order valence-corrected chi connectivity index (χ1v) is 8.60. The highest BCUT2D eigenvalue weighted by atomic mass is 32.2. The van der Waals surface area contributed by atoms with E-state index in [0.717, 1.165) is 18.8 Å². The van der Waals surface area contributed by atoms with Gasteiger partial charge >= 0.3 is 0 Å². The molecule has 1 aromatic carbocycles. The number of nitriles is 1. The van der Waals surface area contributed by atoms with Crippen LogP contribution in [-0.2, 0) is 0 Å². The van der Waals surface area contributed by atoms with Crippen LogP contribution in [0, 0.1) is 18.4 Å². The van der Waals surface area contributed by atoms with Crippen LogP contribution >= 0.6 is 11.8 Å². The molecule has 0 spiro atoms. The second-order valence-electron chi connectivity index (χ2n) is 5.25. The Labute approximate surface area is 131 Å². The Morgan fingerprint density at radius 1 is 1.29 bits per heavy atom. The number of rotatable bonds is 2. The van der Waals surface area contributed by atoms with Crippen LogP contribution in [0.2, 0.25) is 0 Å². The predicted molar refractivity (Wildman–Crippen MR) is 91.2 cm³/mol. The van der Waals surface area contributed by atoms with Crippen molar-refractivity contribution >= 4 is 28.3 Å². The number of aryl methyl sites for hydroxylation is 1. The van der Waals surface area contributed by atoms with Crippen LogP contribution in [0.25, 0.3) is 0 Å². The van der Waals surface area contributed by atoms with E-state index in [1.807, 2.05) is 12.4 Å². The van der Waals surface area contributed by atoms with Crippen molar-refractivity contribution < 1.29 is 0 Å². The number of nitrogens with zero attached hydrogens (tertiary/aromatic N) is 3. The minimum atomic E-state index is 0.638. The molecule has 21 heavy (non-hydrogen) atoms. The summed E-state index contributed by atoms with van der Waals surface area (Å²) in [7, 11) is 0. The Morgan fingerprint density at radius 3 is 2.62 bits per heavy atom. The molecule has 5 heteroatoms. The molecule has 1 saturated heterocycles. The van der Waals surface area contributed by atoms with Gasteiger partial charge in [0, 0.05) is 13.1 Å². The van der Waals surface area contributed by atoms with E-state index in [4.69, 9.17) is 5.26 Å². The lowest BCUT2D eigenvalue weighted by atomic mass is 10.1. The molecule has 0 bridgehead atoms. The summed E-state index contributed by atoms with van der Waals surface area (Å²) < 4.78 is 0. The number of amidine groups is 1. The van der Waals surface area contributed by atoms with Gasteiger partial charge in [0.25, 0.3) is 0 Å². The highest BCUT2D eigenvalue weighted by Gasteiger charge is 2.14. The Morgan fingerprint density at radius 2 is 2.00 bits per heavy atom. The maximum Gasteiger partial charge on any atom is 0.183 e. The van der Waals surface area contributed by atoms with Gasteiger partial charge in [-0.1, -0.05) is 30.7 Å². The van der Waals surface area contributed by atoms with Gasteiger partial charge in [-0.3, -0.25) is 5.32 Å². The minimum Gasteiger partial charge on any atom is -0.370 e. The van der Waals surface area contributed by atoms with Crippen molar-refractivity contribution in [1.29, 1.82) is 5.26 Å². The normalized spacial score (nSPS) is 16.2. The highest BCUT2D eigenvalue weighted by molar-refractivity contribution is 8.13. The summed E-state index contributed by atoms with van der Waals surface area (Å²) >= 11 is 1.45. The van der Waals surface area contributed by atoms with Crippen LogP contribution in [-0.4, -0.2) is 24.5 Å². The van der Waals surface area contributed by atoms with Gasteiger partial charge in [0.15, 0.2) is 11.4 Å². The molecule has 1 N–H and O–H groups in total. The van der Waals surface area contributed by atoms with E-state index < -0.39 is 0 Å². The second-order valence-corrected chi connectivity index (χ2v) is 6.05. The molecule has 1 fully saturated rings. The van der Waals surface area contributed by atoms with E-state index >= 15 is 0 Å². The summed E-state index contributed by atoms with van der Waals surface area (Å²) in [6.07, 6.45) is 8.97. The average Bonchev–Trinajstić information content (AvgIpc) is 2.76. The van der Waals surface area contributed by atoms with E-state index in [-0.39, 0.29) is 0 Å². The lowest BCUT2D eigenvalue weighted by Crippen LogP contribution is -2.24. The van der Waals surface area contributed by atoms with E-state index in [1.54, 1.807) is 0 Å². The van der Waals surface area contributed by atoms with Crippen LogP contribution in [0.5, 0.6) is 0 Å². The molecule has 1 aliphatic heterocycles. The standard InChI is InChI=1S/C16H22N4S/c1-13-7-8-15(20-9-5-3-4-6-10-20)14(11-13)19-16(21-2)18-12-17/h7-8,11H,3-6,9-10H2,1-2H3,(H,18,19). The van der Waals surface area contributed by atoms with E-state index in [9.17, 15) is 0 Å². The fraction of sp³-hybridized carbons (Fsp3) is 0.500. The van der Waals surface area contributed by atoms with E-state index in [0.29, 0.717) is 5.17 Å². The molecule has 4 nitrogen and oxygen atoms in total. The molecule has 1 heterocycles. The largest absolute Gasteiger partial charge is 0.370 e. The summed E-state index contributed by atoms with van der Waals surface area (Å²) in [5.74, 6) is 0. The molecule has 0 aromatic heterocycles. The molecule has 2 rings (SSSR count). The van der Waals surface area contributed by atoms with Gasteiger partial charge in [-0.15, -0.1) is 0 Å². The smallest absolute Gasteiger partial charge is 0.183 e. The zero-order valence-electron chi connectivity index (χ0n) is 12.7. The van der Waals surface area contributed by atoms with Crippen molar-refractivity contribution in [3.05, 3.63) is 23.8 Å². The monoisotopic (exact) mass is 302 g/mol. The first kappa shape index (κ1) is 15.7. The summed E-state index contributed by atoms with van der Waals surface area (Å²) in [6, 6.07) is 6.38. The van der Waals surface area contributed by atoms with Crippen molar-refractivity contribution in [2.24, 2.45) is 4.99 Å². The summed E-state index contributed by atoms with van der Waals surface area (Å²) in [5, 5.41) is 12.1. The van der Waals surface area contributed by atoms with Gasteiger partial charge in [0.1, 0.15) is 0 Å². The van der Waals surface area contributed by atoms with Crippen molar-refractivity contribution in [2.45, 2.75) is 32.6 Å². The van der Waals surface area contributed by atoms with Crippen LogP contribution < -0.4 is 10.2 Å². The molecule has 112 valence electrons. The zero-order chi connectivity index (χ0) is 15.1. The van der Waals surface area contributed by atoms with Gasteiger partial charge in [-0.05, 0) is 43.7 Å². The lowest BCUT2D eigenvalue weighted by Gasteiger charge is -2.24. The molecular formula is C16H22N4S. The minimum absolute atomic E-state index is 0.638. The third-order valence-corrected chi connectivity index (χ3v) is 4.24. The number of anilines is 1. The van der Waals surface area contributed by atoms with Gasteiger partial charge in [0.05, 0.1) is 11.4 Å². The molecule has 0 unspecified atom stereocenters. The molecule has 0 saturated carbocycles. The number of hydrogen-bond donors (Lipinski definition) is 1. The molecule has 0 atom stereocenters. The summed E-state index contributed by atoms with van der Waals surface area (Å²) in [6.45, 7) is 4.25. The number of thioether (sulfide) groups is 1. The van der Waals surface area contributed by atoms with E-state index in [1.165, 1.54) is 48.7 Å². The van der Waals surface area contributed by atoms with Gasteiger partial charge in [0.2, 0.25) is 0 Å². The van der Waals surface area contributed by atoms with E-state index in [2.05, 4.69) is 40.3 Å². The quantitative estimate of drug-likeness (QED) is 0.391. The fourth-order valence-corrected chi connectivity index (χ4v) is 2.92. The fourth-order valence-electron chi connectivity index (χ4n) is 2.58. The number of nitrogens with one attached hydrogen (secondary N) is 1. The van der Waals surface area contributed by atoms with Gasteiger partial charge in [-0.2, -0.15) is 5.26 Å². The van der Waals surface area contributed by atoms with Crippen LogP contribution in [0.4, 0.5) is 11.4 Å². The van der Waals surface area contributed by atoms with Crippen LogP contribution in [0.15, 0.2) is 23.2 Å². The maximum atomic E-state index is 8.79. The van der Waals surface area contributed by atoms with Gasteiger partial charge < -0.3 is 4.90 Å². The Balaban J connectivity index is 2.34. The highest BCUT2D eigenvalue weighted by Crippen LogP contribution is 2.32. The van der Waals surface area contributed by atoms with Crippen LogP contribution in [0.3, 0.4) is 0 Å². The van der Waals surface area contributed by atoms with Crippen molar-refractivity contribution in [2.75, 3.05) is 24.2 Å². The Kier molecular flexibility index (Phi) is 5.94. The number of benzene rings is 1. The van der Waals surface area contributed by atoms with Gasteiger partial charge in [-0.25, -0.2) is 4.99 Å². The predicted octanol–water partition coefficient (Wildman–Crippen LogP) is 3.80. The molecule has 0 aliphatic carbocycles. The second kappa shape index (κ2) is 7.94. The molecule has 0 radical (unpaired) electrons. The first-order valence-electron chi connectivity index (χ1n) is 7.38. The third-order valence-electron chi connectivity index (χ3n) is 3.66. The summed E-state index contributed by atoms with van der Waals surface area (Å²) in [5.41, 5.74) is 3.31. The third kappa shape index (κ3) is 4.40. The first-order chi connectivity index (χ1) is 10.2. The van der Waals surface area contributed by atoms with Crippen LogP contribution in [0.1, 0.15) is 31.2 Å². The average molecular weight is 302 g/mol. The zero-order valence-corrected chi connectivity index (χ0v) is 13.5. The van der Waals surface area contributed by atoms with Crippen molar-refractivity contribution in [3.8, 4) is 6.19 Å². The lowest BCUT2D eigenvalue weighted by molar-refractivity contribution is 0.726. The summed E-state index contributed by atoms with van der Waals surface area (Å²) in [4.78, 5) is 7.06. The molecular weight excluding hydrogens is 280 g/mol. The SMILES string of the molecule is CSC(=Nc1cc(C)ccc1N1CCCCCC1)NC#N. The number of aliphatic imine (C=N–C) groups is 1. The Hall–Kier alpha value is -1.67. The maximum absolute atomic E-state index is 8.79. The number of hydrogen-bond acceptors (Lipinski definition) is 4. The molecule has 1 aromatic rings. The Bertz CT molecular complexity index is 540. The topological polar surface area (TPSA) is 51.4 Å².